The molecule has 1 aliphatic heterocycles. The summed E-state index contributed by atoms with van der Waals surface area (Å²) in [6, 6.07) is 7.19. The number of aliphatic hydroxyl groups excluding tert-OH is 1. The van der Waals surface area contributed by atoms with Crippen molar-refractivity contribution < 1.29 is 19.4 Å². The second kappa shape index (κ2) is 4.13. The van der Waals surface area contributed by atoms with E-state index in [-0.39, 0.29) is 12.4 Å². The van der Waals surface area contributed by atoms with Gasteiger partial charge in [0.15, 0.2) is 0 Å². The van der Waals surface area contributed by atoms with Crippen LogP contribution >= 0.6 is 0 Å². The van der Waals surface area contributed by atoms with Crippen LogP contribution in [0, 0.1) is 0 Å². The Morgan fingerprint density at radius 1 is 1.47 bits per heavy atom. The molecule has 1 unspecified atom stereocenters. The fourth-order valence-corrected chi connectivity index (χ4v) is 1.66. The monoisotopic (exact) mass is 234 g/mol. The molecular weight excluding hydrogens is 220 g/mol. The van der Waals surface area contributed by atoms with E-state index in [0.717, 1.165) is 5.56 Å². The van der Waals surface area contributed by atoms with Gasteiger partial charge in [0.25, 0.3) is 5.60 Å². The molecule has 0 saturated carbocycles. The molecule has 1 aromatic rings. The number of carbonyl (C=O) groups excluding carboxylic acids is 1. The van der Waals surface area contributed by atoms with Gasteiger partial charge in [-0.05, 0) is 26.0 Å². The molecule has 1 N–H and O–H groups in total. The first-order valence-electron chi connectivity index (χ1n) is 5.44. The van der Waals surface area contributed by atoms with Gasteiger partial charge in [-0.15, -0.1) is 0 Å². The Hall–Kier alpha value is -1.97. The van der Waals surface area contributed by atoms with Crippen molar-refractivity contribution in [3.05, 3.63) is 35.6 Å². The van der Waals surface area contributed by atoms with Crippen LogP contribution in [0.2, 0.25) is 0 Å². The third-order valence-electron chi connectivity index (χ3n) is 2.68. The molecule has 0 radical (unpaired) electrons. The Balaban J connectivity index is 2.39. The van der Waals surface area contributed by atoms with Crippen LogP contribution in [-0.4, -0.2) is 23.3 Å². The molecule has 1 aliphatic rings. The third kappa shape index (κ3) is 1.86. The van der Waals surface area contributed by atoms with Crippen molar-refractivity contribution in [2.45, 2.75) is 19.4 Å². The number of ether oxygens (including phenoxy) is 2. The maximum Gasteiger partial charge on any atom is 0.358 e. The van der Waals surface area contributed by atoms with Gasteiger partial charge in [-0.1, -0.05) is 18.2 Å². The molecule has 2 rings (SSSR count). The lowest BCUT2D eigenvalue weighted by Gasteiger charge is -2.31. The molecule has 1 aromatic carbocycles. The molecule has 1 heterocycles. The highest BCUT2D eigenvalue weighted by Crippen LogP contribution is 2.34. The lowest BCUT2D eigenvalue weighted by molar-refractivity contribution is -0.159. The number of benzene rings is 1. The first-order valence-corrected chi connectivity index (χ1v) is 5.44. The van der Waals surface area contributed by atoms with Gasteiger partial charge in [-0.2, -0.15) is 0 Å². The minimum Gasteiger partial charge on any atom is -0.507 e. The van der Waals surface area contributed by atoms with Crippen molar-refractivity contribution in [2.75, 3.05) is 6.61 Å². The van der Waals surface area contributed by atoms with Crippen LogP contribution < -0.4 is 4.74 Å². The fraction of sp³-hybridized carbons (Fsp3) is 0.308. The van der Waals surface area contributed by atoms with Crippen LogP contribution in [0.25, 0.3) is 6.08 Å². The van der Waals surface area contributed by atoms with Crippen LogP contribution in [0.3, 0.4) is 0 Å². The molecule has 0 fully saturated rings. The van der Waals surface area contributed by atoms with Crippen molar-refractivity contribution in [1.29, 1.82) is 0 Å². The van der Waals surface area contributed by atoms with E-state index in [1.165, 1.54) is 13.0 Å². The van der Waals surface area contributed by atoms with Gasteiger partial charge in [-0.3, -0.25) is 0 Å². The normalized spacial score (nSPS) is 22.1. The average Bonchev–Trinajstić information content (AvgIpc) is 2.31. The molecule has 0 amide bonds. The first kappa shape index (κ1) is 11.5. The molecule has 90 valence electrons. The molecule has 1 atom stereocenters. The van der Waals surface area contributed by atoms with E-state index >= 15 is 0 Å². The Morgan fingerprint density at radius 3 is 2.88 bits per heavy atom. The summed E-state index contributed by atoms with van der Waals surface area (Å²) in [6.45, 7) is 3.44. The van der Waals surface area contributed by atoms with E-state index in [1.807, 2.05) is 6.07 Å². The van der Waals surface area contributed by atoms with Gasteiger partial charge in [0.1, 0.15) is 11.5 Å². The van der Waals surface area contributed by atoms with Crippen molar-refractivity contribution in [3.63, 3.8) is 0 Å². The summed E-state index contributed by atoms with van der Waals surface area (Å²) in [7, 11) is 0. The van der Waals surface area contributed by atoms with Gasteiger partial charge in [0, 0.05) is 5.56 Å². The number of carbonyl (C=O) groups is 1. The van der Waals surface area contributed by atoms with Crippen LogP contribution in [0.4, 0.5) is 0 Å². The topological polar surface area (TPSA) is 55.8 Å². The standard InChI is InChI=1S/C13H14O4/c1-3-16-12(15)13(2)11(14)8-9-6-4-5-7-10(9)17-13/h4-8,14H,3H2,1-2H3. The summed E-state index contributed by atoms with van der Waals surface area (Å²) in [5.41, 5.74) is -0.712. The van der Waals surface area contributed by atoms with Crippen molar-refractivity contribution in [3.8, 4) is 5.75 Å². The zero-order chi connectivity index (χ0) is 12.5. The molecule has 0 aliphatic carbocycles. The zero-order valence-electron chi connectivity index (χ0n) is 9.77. The highest BCUT2D eigenvalue weighted by Gasteiger charge is 2.44. The zero-order valence-corrected chi connectivity index (χ0v) is 9.77. The number of hydrogen-bond donors (Lipinski definition) is 1. The van der Waals surface area contributed by atoms with Gasteiger partial charge in [-0.25, -0.2) is 4.79 Å². The predicted octanol–water partition coefficient (Wildman–Crippen LogP) is 2.30. The molecule has 0 spiro atoms. The van der Waals surface area contributed by atoms with E-state index < -0.39 is 11.6 Å². The van der Waals surface area contributed by atoms with E-state index in [9.17, 15) is 9.90 Å². The summed E-state index contributed by atoms with van der Waals surface area (Å²) >= 11 is 0. The predicted molar refractivity (Wildman–Crippen MR) is 62.7 cm³/mol. The molecule has 17 heavy (non-hydrogen) atoms. The lowest BCUT2D eigenvalue weighted by Crippen LogP contribution is -2.46. The second-order valence-corrected chi connectivity index (χ2v) is 3.92. The lowest BCUT2D eigenvalue weighted by atomic mass is 9.98. The van der Waals surface area contributed by atoms with Crippen molar-refractivity contribution in [1.82, 2.24) is 0 Å². The SMILES string of the molecule is CCOC(=O)C1(C)Oc2ccccc2C=C1O. The number of esters is 1. The highest BCUT2D eigenvalue weighted by molar-refractivity contribution is 5.86. The molecule has 0 aromatic heterocycles. The van der Waals surface area contributed by atoms with Crippen LogP contribution in [-0.2, 0) is 9.53 Å². The fourth-order valence-electron chi connectivity index (χ4n) is 1.66. The number of aliphatic hydroxyl groups is 1. The van der Waals surface area contributed by atoms with Crippen LogP contribution in [0.15, 0.2) is 30.0 Å². The van der Waals surface area contributed by atoms with Gasteiger partial charge in [0.2, 0.25) is 0 Å². The summed E-state index contributed by atoms with van der Waals surface area (Å²) in [4.78, 5) is 11.8. The Bertz CT molecular complexity index is 478. The number of hydrogen-bond acceptors (Lipinski definition) is 4. The molecule has 4 heteroatoms. The molecule has 0 saturated heterocycles. The van der Waals surface area contributed by atoms with Crippen molar-refractivity contribution in [2.24, 2.45) is 0 Å². The smallest absolute Gasteiger partial charge is 0.358 e. The summed E-state index contributed by atoms with van der Waals surface area (Å²) < 4.78 is 10.5. The van der Waals surface area contributed by atoms with E-state index in [2.05, 4.69) is 0 Å². The van der Waals surface area contributed by atoms with Crippen LogP contribution in [0.1, 0.15) is 19.4 Å². The van der Waals surface area contributed by atoms with Gasteiger partial charge < -0.3 is 14.6 Å². The highest BCUT2D eigenvalue weighted by atomic mass is 16.6. The molecule has 0 bridgehead atoms. The Morgan fingerprint density at radius 2 is 2.18 bits per heavy atom. The minimum atomic E-state index is -1.45. The second-order valence-electron chi connectivity index (χ2n) is 3.92. The Labute approximate surface area is 99.5 Å². The number of para-hydroxylation sites is 1. The van der Waals surface area contributed by atoms with E-state index in [4.69, 9.17) is 9.47 Å². The largest absolute Gasteiger partial charge is 0.507 e. The summed E-state index contributed by atoms with van der Waals surface area (Å²) in [5, 5.41) is 9.91. The third-order valence-corrected chi connectivity index (χ3v) is 2.68. The van der Waals surface area contributed by atoms with E-state index in [0.29, 0.717) is 5.75 Å². The van der Waals surface area contributed by atoms with Crippen LogP contribution in [0.5, 0.6) is 5.75 Å². The van der Waals surface area contributed by atoms with Gasteiger partial charge in [0.05, 0.1) is 6.61 Å². The average molecular weight is 234 g/mol. The number of fused-ring (bicyclic) bond motifs is 1. The maximum atomic E-state index is 11.8. The molecular formula is C13H14O4. The van der Waals surface area contributed by atoms with Gasteiger partial charge >= 0.3 is 5.97 Å². The quantitative estimate of drug-likeness (QED) is 0.798. The summed E-state index contributed by atoms with van der Waals surface area (Å²) in [5.74, 6) is -0.182. The minimum absolute atomic E-state index is 0.144. The number of rotatable bonds is 2. The first-order chi connectivity index (χ1) is 8.08. The Kier molecular flexibility index (Phi) is 2.79. The van der Waals surface area contributed by atoms with E-state index in [1.54, 1.807) is 25.1 Å². The molecule has 4 nitrogen and oxygen atoms in total. The van der Waals surface area contributed by atoms with Crippen molar-refractivity contribution >= 4 is 12.0 Å². The maximum absolute atomic E-state index is 11.8. The summed E-state index contributed by atoms with van der Waals surface area (Å²) in [6.07, 6.45) is 1.52.